The van der Waals surface area contributed by atoms with Gasteiger partial charge in [0.25, 0.3) is 0 Å². The molecule has 0 bridgehead atoms. The molecule has 124 valence electrons. The molecule has 0 saturated carbocycles. The average Bonchev–Trinajstić information content (AvgIpc) is 3.04. The summed E-state index contributed by atoms with van der Waals surface area (Å²) in [6.45, 7) is 0.188. The van der Waals surface area contributed by atoms with Crippen LogP contribution in [0.25, 0.3) is 0 Å². The molecule has 0 saturated heterocycles. The number of carbonyl (C=O) groups excluding carboxylic acids is 2. The zero-order chi connectivity index (χ0) is 16.9. The molecular weight excluding hydrogens is 310 g/mol. The van der Waals surface area contributed by atoms with Crippen molar-refractivity contribution >= 4 is 23.3 Å². The Hall–Kier alpha value is -3.22. The number of urea groups is 1. The van der Waals surface area contributed by atoms with E-state index in [1.165, 1.54) is 0 Å². The topological polar surface area (TPSA) is 88.7 Å². The standard InChI is InChI=1S/C17H17N3O4/c1-18-16(21)8-11-2-4-12(5-3-11)19-17(22)20-13-6-7-14-15(9-13)24-10-23-14/h2-7,9H,8,10H2,1H3,(H,18,21)(H2,19,20,22). The molecule has 0 spiro atoms. The maximum Gasteiger partial charge on any atom is 0.323 e. The van der Waals surface area contributed by atoms with E-state index in [-0.39, 0.29) is 18.7 Å². The summed E-state index contributed by atoms with van der Waals surface area (Å²) in [7, 11) is 1.60. The molecule has 1 aliphatic heterocycles. The fraction of sp³-hybridized carbons (Fsp3) is 0.176. The molecule has 0 fully saturated rings. The van der Waals surface area contributed by atoms with E-state index in [9.17, 15) is 9.59 Å². The van der Waals surface area contributed by atoms with Crippen molar-refractivity contribution in [1.29, 1.82) is 0 Å². The van der Waals surface area contributed by atoms with E-state index in [4.69, 9.17) is 9.47 Å². The van der Waals surface area contributed by atoms with Crippen LogP contribution in [0.2, 0.25) is 0 Å². The van der Waals surface area contributed by atoms with Gasteiger partial charge in [-0.15, -0.1) is 0 Å². The second-order valence-electron chi connectivity index (χ2n) is 5.19. The van der Waals surface area contributed by atoms with Crippen LogP contribution in [0.3, 0.4) is 0 Å². The van der Waals surface area contributed by atoms with Gasteiger partial charge in [0.15, 0.2) is 11.5 Å². The first-order valence-electron chi connectivity index (χ1n) is 7.41. The molecular formula is C17H17N3O4. The lowest BCUT2D eigenvalue weighted by Crippen LogP contribution is -2.20. The molecule has 1 aliphatic rings. The number of ether oxygens (including phenoxy) is 2. The summed E-state index contributed by atoms with van der Waals surface area (Å²) in [6.07, 6.45) is 0.306. The zero-order valence-corrected chi connectivity index (χ0v) is 13.1. The van der Waals surface area contributed by atoms with Crippen LogP contribution in [0.5, 0.6) is 11.5 Å². The molecule has 0 unspecified atom stereocenters. The number of hydrogen-bond donors (Lipinski definition) is 3. The summed E-state index contributed by atoms with van der Waals surface area (Å²) in [5.41, 5.74) is 2.11. The Bertz CT molecular complexity index is 759. The Balaban J connectivity index is 1.57. The normalized spacial score (nSPS) is 11.7. The number of benzene rings is 2. The SMILES string of the molecule is CNC(=O)Cc1ccc(NC(=O)Nc2ccc3c(c2)OCO3)cc1. The Kier molecular flexibility index (Phi) is 4.51. The molecule has 24 heavy (non-hydrogen) atoms. The Morgan fingerprint density at radius 2 is 1.62 bits per heavy atom. The van der Waals surface area contributed by atoms with Crippen LogP contribution in [0.15, 0.2) is 42.5 Å². The van der Waals surface area contributed by atoms with Crippen molar-refractivity contribution in [3.05, 3.63) is 48.0 Å². The highest BCUT2D eigenvalue weighted by Gasteiger charge is 2.14. The monoisotopic (exact) mass is 327 g/mol. The van der Waals surface area contributed by atoms with Gasteiger partial charge in [0.05, 0.1) is 6.42 Å². The summed E-state index contributed by atoms with van der Waals surface area (Å²) >= 11 is 0. The maximum atomic E-state index is 12.0. The van der Waals surface area contributed by atoms with E-state index in [0.29, 0.717) is 29.3 Å². The summed E-state index contributed by atoms with van der Waals surface area (Å²) in [5.74, 6) is 1.20. The van der Waals surface area contributed by atoms with E-state index in [0.717, 1.165) is 5.56 Å². The lowest BCUT2D eigenvalue weighted by molar-refractivity contribution is -0.119. The number of nitrogens with one attached hydrogen (secondary N) is 3. The fourth-order valence-electron chi connectivity index (χ4n) is 2.25. The molecule has 3 amide bonds. The highest BCUT2D eigenvalue weighted by molar-refractivity contribution is 6.00. The molecule has 0 aliphatic carbocycles. The van der Waals surface area contributed by atoms with Crippen molar-refractivity contribution in [2.45, 2.75) is 6.42 Å². The van der Waals surface area contributed by atoms with Gasteiger partial charge in [0.2, 0.25) is 12.7 Å². The van der Waals surface area contributed by atoms with E-state index in [2.05, 4.69) is 16.0 Å². The van der Waals surface area contributed by atoms with E-state index in [1.54, 1.807) is 49.5 Å². The lowest BCUT2D eigenvalue weighted by atomic mass is 10.1. The molecule has 3 N–H and O–H groups in total. The molecule has 7 heteroatoms. The minimum absolute atomic E-state index is 0.0590. The molecule has 2 aromatic carbocycles. The Morgan fingerprint density at radius 1 is 0.958 bits per heavy atom. The average molecular weight is 327 g/mol. The van der Waals surface area contributed by atoms with Gasteiger partial charge in [0.1, 0.15) is 0 Å². The van der Waals surface area contributed by atoms with Gasteiger partial charge in [-0.3, -0.25) is 4.79 Å². The van der Waals surface area contributed by atoms with Crippen LogP contribution < -0.4 is 25.4 Å². The number of carbonyl (C=O) groups is 2. The second kappa shape index (κ2) is 6.91. The minimum atomic E-state index is -0.368. The molecule has 1 heterocycles. The van der Waals surface area contributed by atoms with Crippen LogP contribution in [-0.2, 0) is 11.2 Å². The quantitative estimate of drug-likeness (QED) is 0.804. The number of hydrogen-bond acceptors (Lipinski definition) is 4. The highest BCUT2D eigenvalue weighted by Crippen LogP contribution is 2.34. The van der Waals surface area contributed by atoms with Crippen LogP contribution >= 0.6 is 0 Å². The molecule has 3 rings (SSSR count). The third-order valence-electron chi connectivity index (χ3n) is 3.49. The Morgan fingerprint density at radius 3 is 2.38 bits per heavy atom. The lowest BCUT2D eigenvalue weighted by Gasteiger charge is -2.09. The third-order valence-corrected chi connectivity index (χ3v) is 3.49. The fourth-order valence-corrected chi connectivity index (χ4v) is 2.25. The minimum Gasteiger partial charge on any atom is -0.454 e. The highest BCUT2D eigenvalue weighted by atomic mass is 16.7. The van der Waals surface area contributed by atoms with Gasteiger partial charge in [0, 0.05) is 24.5 Å². The molecule has 7 nitrogen and oxygen atoms in total. The molecule has 0 atom stereocenters. The van der Waals surface area contributed by atoms with Crippen molar-refractivity contribution in [2.24, 2.45) is 0 Å². The smallest absolute Gasteiger partial charge is 0.323 e. The zero-order valence-electron chi connectivity index (χ0n) is 13.1. The number of rotatable bonds is 4. The number of likely N-dealkylation sites (N-methyl/N-ethyl adjacent to an activating group) is 1. The summed E-state index contributed by atoms with van der Waals surface area (Å²) in [5, 5.41) is 8.02. The summed E-state index contributed by atoms with van der Waals surface area (Å²) < 4.78 is 10.5. The van der Waals surface area contributed by atoms with Gasteiger partial charge in [-0.2, -0.15) is 0 Å². The van der Waals surface area contributed by atoms with E-state index in [1.807, 2.05) is 0 Å². The molecule has 0 aromatic heterocycles. The largest absolute Gasteiger partial charge is 0.454 e. The first kappa shape index (κ1) is 15.7. The predicted molar refractivity (Wildman–Crippen MR) is 89.4 cm³/mol. The first-order valence-corrected chi connectivity index (χ1v) is 7.41. The van der Waals surface area contributed by atoms with Crippen molar-refractivity contribution in [1.82, 2.24) is 5.32 Å². The van der Waals surface area contributed by atoms with E-state index < -0.39 is 0 Å². The predicted octanol–water partition coefficient (Wildman–Crippen LogP) is 2.35. The molecule has 0 radical (unpaired) electrons. The van der Waals surface area contributed by atoms with Crippen molar-refractivity contribution in [3.63, 3.8) is 0 Å². The summed E-state index contributed by atoms with van der Waals surface area (Å²) in [6, 6.07) is 11.9. The number of anilines is 2. The third kappa shape index (κ3) is 3.75. The van der Waals surface area contributed by atoms with Gasteiger partial charge in [-0.05, 0) is 29.8 Å². The van der Waals surface area contributed by atoms with Crippen LogP contribution in [0.4, 0.5) is 16.2 Å². The second-order valence-corrected chi connectivity index (χ2v) is 5.19. The van der Waals surface area contributed by atoms with Gasteiger partial charge < -0.3 is 25.4 Å². The first-order chi connectivity index (χ1) is 11.6. The van der Waals surface area contributed by atoms with E-state index >= 15 is 0 Å². The molecule has 2 aromatic rings. The number of amides is 3. The van der Waals surface area contributed by atoms with Crippen molar-refractivity contribution in [3.8, 4) is 11.5 Å². The summed E-state index contributed by atoms with van der Waals surface area (Å²) in [4.78, 5) is 23.4. The van der Waals surface area contributed by atoms with Crippen LogP contribution in [-0.4, -0.2) is 25.8 Å². The van der Waals surface area contributed by atoms with Gasteiger partial charge >= 0.3 is 6.03 Å². The van der Waals surface area contributed by atoms with Crippen molar-refractivity contribution < 1.29 is 19.1 Å². The van der Waals surface area contributed by atoms with Crippen LogP contribution in [0.1, 0.15) is 5.56 Å². The van der Waals surface area contributed by atoms with Gasteiger partial charge in [-0.1, -0.05) is 12.1 Å². The number of fused-ring (bicyclic) bond motifs is 1. The van der Waals surface area contributed by atoms with Crippen molar-refractivity contribution in [2.75, 3.05) is 24.5 Å². The van der Waals surface area contributed by atoms with Crippen LogP contribution in [0, 0.1) is 0 Å². The Labute approximate surface area is 139 Å². The maximum absolute atomic E-state index is 12.0. The van der Waals surface area contributed by atoms with Gasteiger partial charge in [-0.25, -0.2) is 4.79 Å².